The molecule has 2 saturated carbocycles. The van der Waals surface area contributed by atoms with E-state index in [1.54, 1.807) is 6.20 Å². The van der Waals surface area contributed by atoms with E-state index >= 15 is 0 Å². The maximum Gasteiger partial charge on any atom is 0.224 e. The van der Waals surface area contributed by atoms with Crippen LogP contribution in [-0.2, 0) is 4.79 Å². The first kappa shape index (κ1) is 25.0. The van der Waals surface area contributed by atoms with Crippen LogP contribution in [0.2, 0.25) is 10.0 Å². The van der Waals surface area contributed by atoms with E-state index in [2.05, 4.69) is 15.6 Å². The fraction of sp³-hybridized carbons (Fsp3) is 0.500. The summed E-state index contributed by atoms with van der Waals surface area (Å²) in [6.07, 6.45) is 7.38. The second-order valence-electron chi connectivity index (χ2n) is 9.65. The Labute approximate surface area is 217 Å². The minimum atomic E-state index is -0.539. The van der Waals surface area contributed by atoms with Gasteiger partial charge in [-0.3, -0.25) is 9.36 Å². The lowest BCUT2D eigenvalue weighted by Crippen LogP contribution is -2.30. The number of rotatable bonds is 6. The zero-order chi connectivity index (χ0) is 25.4. The Morgan fingerprint density at radius 3 is 2.50 bits per heavy atom. The number of nitrogens with two attached hydrogens (primary N) is 1. The third kappa shape index (κ3) is 5.21. The average molecular weight is 536 g/mol. The molecule has 2 aromatic heterocycles. The van der Waals surface area contributed by atoms with Crippen molar-refractivity contribution in [1.82, 2.24) is 19.5 Å². The Morgan fingerprint density at radius 1 is 1.11 bits per heavy atom. The SMILES string of the molecule is NC(=O)C1CCC(n2c(Nc3c(Cl)cc(F)cc3Cl)nc3cnc(NC4CCC[C@H](O)C4)nc32)CC1. The van der Waals surface area contributed by atoms with E-state index in [1.165, 1.54) is 12.1 Å². The van der Waals surface area contributed by atoms with Gasteiger partial charge in [0.15, 0.2) is 5.65 Å². The average Bonchev–Trinajstić information content (AvgIpc) is 3.18. The molecule has 0 bridgehead atoms. The molecule has 36 heavy (non-hydrogen) atoms. The molecule has 12 heteroatoms. The summed E-state index contributed by atoms with van der Waals surface area (Å²) in [6.45, 7) is 0. The molecule has 2 aliphatic carbocycles. The van der Waals surface area contributed by atoms with Crippen molar-refractivity contribution in [2.45, 2.75) is 69.6 Å². The topological polar surface area (TPSA) is 131 Å². The fourth-order valence-corrected chi connectivity index (χ4v) is 5.82. The summed E-state index contributed by atoms with van der Waals surface area (Å²) >= 11 is 12.6. The van der Waals surface area contributed by atoms with Crippen molar-refractivity contribution in [1.29, 1.82) is 0 Å². The highest BCUT2D eigenvalue weighted by Gasteiger charge is 2.30. The van der Waals surface area contributed by atoms with Crippen LogP contribution in [0.1, 0.15) is 57.4 Å². The third-order valence-corrected chi connectivity index (χ3v) is 7.72. The van der Waals surface area contributed by atoms with Gasteiger partial charge in [0.1, 0.15) is 11.3 Å². The largest absolute Gasteiger partial charge is 0.393 e. The number of aliphatic hydroxyl groups is 1. The van der Waals surface area contributed by atoms with Crippen molar-refractivity contribution in [3.05, 3.63) is 34.2 Å². The number of amides is 1. The van der Waals surface area contributed by atoms with E-state index in [9.17, 15) is 14.3 Å². The maximum atomic E-state index is 13.8. The summed E-state index contributed by atoms with van der Waals surface area (Å²) in [7, 11) is 0. The fourth-order valence-electron chi connectivity index (χ4n) is 5.26. The predicted molar refractivity (Wildman–Crippen MR) is 137 cm³/mol. The van der Waals surface area contributed by atoms with Gasteiger partial charge in [-0.15, -0.1) is 0 Å². The molecule has 0 radical (unpaired) electrons. The number of imidazole rings is 1. The molecule has 1 aromatic carbocycles. The van der Waals surface area contributed by atoms with Crippen LogP contribution in [-0.4, -0.2) is 42.7 Å². The monoisotopic (exact) mass is 535 g/mol. The quantitative estimate of drug-likeness (QED) is 0.351. The van der Waals surface area contributed by atoms with Gasteiger partial charge in [-0.25, -0.2) is 14.4 Å². The van der Waals surface area contributed by atoms with E-state index in [0.29, 0.717) is 60.9 Å². The van der Waals surface area contributed by atoms with Gasteiger partial charge < -0.3 is 21.5 Å². The Kier molecular flexibility index (Phi) is 7.18. The molecule has 9 nitrogen and oxygen atoms in total. The van der Waals surface area contributed by atoms with E-state index < -0.39 is 5.82 Å². The van der Waals surface area contributed by atoms with Crippen LogP contribution in [0, 0.1) is 11.7 Å². The van der Waals surface area contributed by atoms with Crippen LogP contribution >= 0.6 is 23.2 Å². The van der Waals surface area contributed by atoms with Crippen LogP contribution in [0.4, 0.5) is 22.0 Å². The normalized spacial score (nSPS) is 24.6. The molecule has 0 saturated heterocycles. The summed E-state index contributed by atoms with van der Waals surface area (Å²) in [5.74, 6) is -0.0719. The molecule has 2 heterocycles. The molecule has 3 aromatic rings. The Morgan fingerprint density at radius 2 is 1.83 bits per heavy atom. The summed E-state index contributed by atoms with van der Waals surface area (Å²) in [5, 5.41) is 16.8. The number of nitrogens with zero attached hydrogens (tertiary/aromatic N) is 4. The smallest absolute Gasteiger partial charge is 0.224 e. The lowest BCUT2D eigenvalue weighted by atomic mass is 9.85. The highest BCUT2D eigenvalue weighted by molar-refractivity contribution is 6.39. The number of aromatic nitrogens is 4. The molecule has 5 rings (SSSR count). The van der Waals surface area contributed by atoms with E-state index in [-0.39, 0.29) is 40.1 Å². The molecule has 0 spiro atoms. The molecular weight excluding hydrogens is 508 g/mol. The summed E-state index contributed by atoms with van der Waals surface area (Å²) in [5.41, 5.74) is 7.06. The lowest BCUT2D eigenvalue weighted by molar-refractivity contribution is -0.122. The molecule has 5 N–H and O–H groups in total. The number of halogens is 3. The molecule has 2 fully saturated rings. The molecule has 2 aliphatic rings. The van der Waals surface area contributed by atoms with Crippen molar-refractivity contribution >= 4 is 57.9 Å². The molecule has 2 atom stereocenters. The van der Waals surface area contributed by atoms with E-state index in [4.69, 9.17) is 38.9 Å². The second kappa shape index (κ2) is 10.4. The molecular formula is C24H28Cl2FN7O2. The van der Waals surface area contributed by atoms with Crippen molar-refractivity contribution in [3.8, 4) is 0 Å². The highest BCUT2D eigenvalue weighted by Crippen LogP contribution is 2.39. The number of hydrogen-bond donors (Lipinski definition) is 4. The first-order valence-electron chi connectivity index (χ1n) is 12.2. The Bertz CT molecular complexity index is 1260. The van der Waals surface area contributed by atoms with Crippen LogP contribution < -0.4 is 16.4 Å². The number of primary amides is 1. The van der Waals surface area contributed by atoms with Gasteiger partial charge in [0.2, 0.25) is 17.8 Å². The van der Waals surface area contributed by atoms with Crippen molar-refractivity contribution in [3.63, 3.8) is 0 Å². The number of nitrogens with one attached hydrogen (secondary N) is 2. The Hall–Kier alpha value is -2.69. The first-order valence-corrected chi connectivity index (χ1v) is 12.9. The lowest BCUT2D eigenvalue weighted by Gasteiger charge is -2.29. The number of carbonyl (C=O) groups excluding carboxylic acids is 1. The number of anilines is 3. The van der Waals surface area contributed by atoms with Crippen molar-refractivity contribution in [2.24, 2.45) is 11.7 Å². The minimum absolute atomic E-state index is 0.00893. The standard InChI is InChI=1S/C24H28Cl2FN7O2/c25-17-8-13(27)9-18(26)20(17)32-24-31-19-11-29-23(30-14-2-1-3-16(35)10-14)33-22(19)34(24)15-6-4-12(5-7-15)21(28)36/h8-9,11-12,14-16,35H,1-7,10H2,(H2,28,36)(H,31,32)(H,29,30,33)/t12?,14?,15?,16-/m0/s1. The maximum absolute atomic E-state index is 13.8. The number of aliphatic hydroxyl groups excluding tert-OH is 1. The van der Waals surface area contributed by atoms with Gasteiger partial charge >= 0.3 is 0 Å². The van der Waals surface area contributed by atoms with Crippen LogP contribution in [0.5, 0.6) is 0 Å². The van der Waals surface area contributed by atoms with Gasteiger partial charge in [0, 0.05) is 18.0 Å². The molecule has 192 valence electrons. The van der Waals surface area contributed by atoms with Gasteiger partial charge in [-0.2, -0.15) is 4.98 Å². The van der Waals surface area contributed by atoms with E-state index in [0.717, 1.165) is 19.3 Å². The van der Waals surface area contributed by atoms with E-state index in [1.807, 2.05) is 4.57 Å². The van der Waals surface area contributed by atoms with Crippen molar-refractivity contribution in [2.75, 3.05) is 10.6 Å². The highest BCUT2D eigenvalue weighted by atomic mass is 35.5. The number of hydrogen-bond acceptors (Lipinski definition) is 7. The number of fused-ring (bicyclic) bond motifs is 1. The predicted octanol–water partition coefficient (Wildman–Crippen LogP) is 4.95. The zero-order valence-electron chi connectivity index (χ0n) is 19.6. The minimum Gasteiger partial charge on any atom is -0.393 e. The van der Waals surface area contributed by atoms with Crippen LogP contribution in [0.3, 0.4) is 0 Å². The second-order valence-corrected chi connectivity index (χ2v) is 10.5. The number of benzene rings is 1. The summed E-state index contributed by atoms with van der Waals surface area (Å²) in [6, 6.07) is 2.44. The van der Waals surface area contributed by atoms with Crippen LogP contribution in [0.15, 0.2) is 18.3 Å². The first-order chi connectivity index (χ1) is 17.3. The van der Waals surface area contributed by atoms with Gasteiger partial charge in [-0.05, 0) is 63.5 Å². The van der Waals surface area contributed by atoms with Gasteiger partial charge in [0.05, 0.1) is 28.0 Å². The van der Waals surface area contributed by atoms with Crippen LogP contribution in [0.25, 0.3) is 11.2 Å². The molecule has 1 unspecified atom stereocenters. The summed E-state index contributed by atoms with van der Waals surface area (Å²) in [4.78, 5) is 25.6. The van der Waals surface area contributed by atoms with Gasteiger partial charge in [0.25, 0.3) is 0 Å². The Balaban J connectivity index is 1.51. The number of carbonyl (C=O) groups is 1. The molecule has 0 aliphatic heterocycles. The summed E-state index contributed by atoms with van der Waals surface area (Å²) < 4.78 is 15.7. The zero-order valence-corrected chi connectivity index (χ0v) is 21.1. The van der Waals surface area contributed by atoms with Gasteiger partial charge in [-0.1, -0.05) is 23.2 Å². The molecule has 1 amide bonds. The third-order valence-electron chi connectivity index (χ3n) is 7.12. The van der Waals surface area contributed by atoms with Crippen molar-refractivity contribution < 1.29 is 14.3 Å².